The van der Waals surface area contributed by atoms with Crippen LogP contribution in [0.15, 0.2) is 36.4 Å². The maximum Gasteiger partial charge on any atom is 0.256 e. The number of nitrogens with one attached hydrogen (secondary N) is 2. The molecule has 0 aliphatic carbocycles. The lowest BCUT2D eigenvalue weighted by Crippen LogP contribution is -2.36. The third-order valence-corrected chi connectivity index (χ3v) is 4.44. The fraction of sp³-hybridized carbons (Fsp3) is 0.176. The third kappa shape index (κ3) is 2.45. The van der Waals surface area contributed by atoms with Crippen molar-refractivity contribution in [3.63, 3.8) is 0 Å². The van der Waals surface area contributed by atoms with E-state index in [9.17, 15) is 9.18 Å². The molecular formula is C17H14FN3OS. The van der Waals surface area contributed by atoms with Gasteiger partial charge in [0.2, 0.25) is 0 Å². The van der Waals surface area contributed by atoms with Crippen LogP contribution in [0.1, 0.15) is 21.5 Å². The molecular weight excluding hydrogens is 313 g/mol. The zero-order valence-electron chi connectivity index (χ0n) is 12.2. The van der Waals surface area contributed by atoms with Crippen LogP contribution in [0.2, 0.25) is 0 Å². The Bertz CT molecular complexity index is 975. The smallest absolute Gasteiger partial charge is 0.256 e. The lowest BCUT2D eigenvalue weighted by Gasteiger charge is -2.29. The Morgan fingerprint density at radius 2 is 1.96 bits per heavy atom. The average molecular weight is 327 g/mol. The van der Waals surface area contributed by atoms with Gasteiger partial charge in [0.1, 0.15) is 5.82 Å². The molecule has 0 saturated heterocycles. The quantitative estimate of drug-likeness (QED) is 0.672. The number of halogens is 1. The Hall–Kier alpha value is -2.47. The number of carbonyl (C=O) groups excluding carboxylic acids is 1. The van der Waals surface area contributed by atoms with Crippen LogP contribution in [-0.4, -0.2) is 27.3 Å². The summed E-state index contributed by atoms with van der Waals surface area (Å²) < 4.78 is 14.2. The number of hydrogen-bond acceptors (Lipinski definition) is 2. The van der Waals surface area contributed by atoms with Crippen LogP contribution < -0.4 is 0 Å². The molecule has 6 heteroatoms. The summed E-state index contributed by atoms with van der Waals surface area (Å²) in [4.78, 5) is 20.4. The molecule has 1 amide bonds. The van der Waals surface area contributed by atoms with Gasteiger partial charge in [-0.2, -0.15) is 0 Å². The molecule has 1 aliphatic heterocycles. The predicted octanol–water partition coefficient (Wildman–Crippen LogP) is 3.56. The summed E-state index contributed by atoms with van der Waals surface area (Å²) in [6, 6.07) is 10.7. The van der Waals surface area contributed by atoms with E-state index in [1.165, 1.54) is 17.7 Å². The van der Waals surface area contributed by atoms with Crippen molar-refractivity contribution in [2.45, 2.75) is 13.0 Å². The zero-order valence-corrected chi connectivity index (χ0v) is 13.0. The number of benzene rings is 2. The van der Waals surface area contributed by atoms with Gasteiger partial charge >= 0.3 is 0 Å². The van der Waals surface area contributed by atoms with E-state index in [-0.39, 0.29) is 5.91 Å². The van der Waals surface area contributed by atoms with Crippen molar-refractivity contribution >= 4 is 29.2 Å². The van der Waals surface area contributed by atoms with E-state index in [4.69, 9.17) is 12.2 Å². The largest absolute Gasteiger partial charge is 0.334 e. The number of imidazole rings is 1. The van der Waals surface area contributed by atoms with Crippen molar-refractivity contribution in [2.75, 3.05) is 6.54 Å². The molecule has 0 radical (unpaired) electrons. The Morgan fingerprint density at radius 1 is 1.17 bits per heavy atom. The van der Waals surface area contributed by atoms with Gasteiger partial charge in [-0.15, -0.1) is 0 Å². The van der Waals surface area contributed by atoms with E-state index in [1.807, 2.05) is 18.2 Å². The van der Waals surface area contributed by atoms with Crippen molar-refractivity contribution < 1.29 is 9.18 Å². The summed E-state index contributed by atoms with van der Waals surface area (Å²) in [6.07, 6.45) is 0.809. The van der Waals surface area contributed by atoms with Crippen LogP contribution in [-0.2, 0) is 13.0 Å². The topological polar surface area (TPSA) is 51.9 Å². The molecule has 2 aromatic carbocycles. The highest BCUT2D eigenvalue weighted by Crippen LogP contribution is 2.24. The van der Waals surface area contributed by atoms with E-state index < -0.39 is 5.82 Å². The van der Waals surface area contributed by atoms with Crippen LogP contribution >= 0.6 is 12.2 Å². The highest BCUT2D eigenvalue weighted by Gasteiger charge is 2.24. The van der Waals surface area contributed by atoms with Crippen molar-refractivity contribution in [3.8, 4) is 0 Å². The minimum absolute atomic E-state index is 0.186. The van der Waals surface area contributed by atoms with Crippen LogP contribution in [0.25, 0.3) is 11.0 Å². The first-order chi connectivity index (χ1) is 11.1. The van der Waals surface area contributed by atoms with Crippen LogP contribution in [0.5, 0.6) is 0 Å². The second kappa shape index (κ2) is 5.31. The fourth-order valence-electron chi connectivity index (χ4n) is 3.12. The predicted molar refractivity (Wildman–Crippen MR) is 88.3 cm³/mol. The lowest BCUT2D eigenvalue weighted by molar-refractivity contribution is 0.0736. The highest BCUT2D eigenvalue weighted by molar-refractivity contribution is 7.71. The number of amides is 1. The molecule has 4 nitrogen and oxygen atoms in total. The molecule has 0 bridgehead atoms. The third-order valence-electron chi connectivity index (χ3n) is 4.24. The SMILES string of the molecule is O=C(c1cc(F)cc2[nH]c(=S)[nH]c12)N1CCc2ccccc2C1. The second-order valence-electron chi connectivity index (χ2n) is 5.70. The molecule has 116 valence electrons. The molecule has 0 unspecified atom stereocenters. The molecule has 1 aliphatic rings. The monoisotopic (exact) mass is 327 g/mol. The van der Waals surface area contributed by atoms with E-state index >= 15 is 0 Å². The van der Waals surface area contributed by atoms with E-state index in [2.05, 4.69) is 16.0 Å². The number of nitrogens with zero attached hydrogens (tertiary/aromatic N) is 1. The number of rotatable bonds is 1. The first-order valence-electron chi connectivity index (χ1n) is 7.39. The molecule has 2 N–H and O–H groups in total. The van der Waals surface area contributed by atoms with Gasteiger partial charge in [-0.25, -0.2) is 4.39 Å². The van der Waals surface area contributed by atoms with Gasteiger partial charge in [0.15, 0.2) is 4.77 Å². The molecule has 0 spiro atoms. The zero-order chi connectivity index (χ0) is 16.0. The van der Waals surface area contributed by atoms with Crippen molar-refractivity contribution in [1.29, 1.82) is 0 Å². The number of carbonyl (C=O) groups is 1. The molecule has 2 heterocycles. The van der Waals surface area contributed by atoms with Gasteiger partial charge in [0, 0.05) is 13.1 Å². The molecule has 4 rings (SSSR count). The fourth-order valence-corrected chi connectivity index (χ4v) is 3.33. The van der Waals surface area contributed by atoms with Gasteiger partial charge in [-0.3, -0.25) is 4.79 Å². The van der Waals surface area contributed by atoms with E-state index in [0.29, 0.717) is 34.5 Å². The standard InChI is InChI=1S/C17H14FN3OS/c18-12-7-13(15-14(8-12)19-17(23)20-15)16(22)21-6-5-10-3-1-2-4-11(10)9-21/h1-4,7-8H,5-6,9H2,(H2,19,20,23). The van der Waals surface area contributed by atoms with Crippen molar-refractivity contribution in [2.24, 2.45) is 0 Å². The first-order valence-corrected chi connectivity index (χ1v) is 7.80. The summed E-state index contributed by atoms with van der Waals surface area (Å²) in [5, 5.41) is 0. The van der Waals surface area contributed by atoms with Crippen molar-refractivity contribution in [3.05, 3.63) is 63.7 Å². The number of aromatic amines is 2. The summed E-state index contributed by atoms with van der Waals surface area (Å²) in [5.74, 6) is -0.641. The Labute approximate surface area is 136 Å². The molecule has 1 aromatic heterocycles. The van der Waals surface area contributed by atoms with Gasteiger partial charge < -0.3 is 14.9 Å². The Kier molecular flexibility index (Phi) is 3.27. The van der Waals surface area contributed by atoms with Gasteiger partial charge in [0.05, 0.1) is 16.6 Å². The summed E-state index contributed by atoms with van der Waals surface area (Å²) in [5.41, 5.74) is 3.78. The number of aromatic nitrogens is 2. The lowest BCUT2D eigenvalue weighted by atomic mass is 9.99. The van der Waals surface area contributed by atoms with Gasteiger partial charge in [0.25, 0.3) is 5.91 Å². The Balaban J connectivity index is 1.74. The molecule has 0 saturated carbocycles. The summed E-state index contributed by atoms with van der Waals surface area (Å²) in [6.45, 7) is 1.16. The van der Waals surface area contributed by atoms with E-state index in [1.54, 1.807) is 4.90 Å². The minimum Gasteiger partial charge on any atom is -0.334 e. The molecule has 0 atom stereocenters. The van der Waals surface area contributed by atoms with Crippen LogP contribution in [0, 0.1) is 10.6 Å². The van der Waals surface area contributed by atoms with E-state index in [0.717, 1.165) is 12.0 Å². The molecule has 3 aromatic rings. The Morgan fingerprint density at radius 3 is 2.78 bits per heavy atom. The minimum atomic E-state index is -0.455. The number of fused-ring (bicyclic) bond motifs is 2. The van der Waals surface area contributed by atoms with Gasteiger partial charge in [-0.05, 0) is 41.9 Å². The highest BCUT2D eigenvalue weighted by atomic mass is 32.1. The maximum absolute atomic E-state index is 13.8. The molecule has 23 heavy (non-hydrogen) atoms. The van der Waals surface area contributed by atoms with Crippen LogP contribution in [0.3, 0.4) is 0 Å². The number of hydrogen-bond donors (Lipinski definition) is 2. The maximum atomic E-state index is 13.8. The number of H-pyrrole nitrogens is 2. The first kappa shape index (κ1) is 14.1. The average Bonchev–Trinajstić information content (AvgIpc) is 2.93. The summed E-state index contributed by atoms with van der Waals surface area (Å²) in [7, 11) is 0. The van der Waals surface area contributed by atoms with Crippen LogP contribution in [0.4, 0.5) is 4.39 Å². The molecule has 0 fully saturated rings. The van der Waals surface area contributed by atoms with Crippen molar-refractivity contribution in [1.82, 2.24) is 14.9 Å². The van der Waals surface area contributed by atoms with Gasteiger partial charge in [-0.1, -0.05) is 24.3 Å². The summed E-state index contributed by atoms with van der Waals surface area (Å²) >= 11 is 5.05. The normalized spacial score (nSPS) is 14.0. The second-order valence-corrected chi connectivity index (χ2v) is 6.11.